The van der Waals surface area contributed by atoms with E-state index in [0.29, 0.717) is 52.9 Å². The molecule has 0 aliphatic carbocycles. The van der Waals surface area contributed by atoms with Gasteiger partial charge in [-0.15, -0.1) is 0 Å². The fraction of sp³-hybridized carbons (Fsp3) is 0.400. The predicted molar refractivity (Wildman–Crippen MR) is 214 cm³/mol. The summed E-state index contributed by atoms with van der Waals surface area (Å²) in [5.41, 5.74) is -3.65. The van der Waals surface area contributed by atoms with E-state index >= 15 is 0 Å². The van der Waals surface area contributed by atoms with E-state index in [1.54, 1.807) is 113 Å². The molecule has 5 heterocycles. The van der Waals surface area contributed by atoms with E-state index in [-0.39, 0.29) is 5.69 Å². The van der Waals surface area contributed by atoms with Crippen LogP contribution in [0.5, 0.6) is 0 Å². The number of halogens is 6. The minimum absolute atomic E-state index is 0.278. The SMILES string of the molecule is CC(C)(CC(O)(Cc1cc2ccncc2[nH]1)C(F)(F)F)c1cccc(C2OCCCO2)c1.CC(C)(CC(O)(Cc1cc2ccncc2[nH]1)C(F)(F)F)c1cccc(C=O)c1. The molecular formula is C45H48F6N4O5. The molecule has 15 heteroatoms. The first-order valence-corrected chi connectivity index (χ1v) is 19.4. The number of rotatable bonds is 12. The Morgan fingerprint density at radius 3 is 1.60 bits per heavy atom. The Balaban J connectivity index is 0.000000203. The third-order valence-electron chi connectivity index (χ3n) is 11.0. The summed E-state index contributed by atoms with van der Waals surface area (Å²) in [6.07, 6.45) is -4.76. The number of aromatic amines is 2. The molecule has 4 N–H and O–H groups in total. The second-order valence-corrected chi connectivity index (χ2v) is 16.8. The molecule has 1 fully saturated rings. The second-order valence-electron chi connectivity index (χ2n) is 16.8. The minimum Gasteiger partial charge on any atom is -0.380 e. The molecule has 2 aromatic carbocycles. The molecule has 0 amide bonds. The number of H-pyrrole nitrogens is 2. The van der Waals surface area contributed by atoms with E-state index in [2.05, 4.69) is 19.9 Å². The van der Waals surface area contributed by atoms with Crippen molar-refractivity contribution in [3.8, 4) is 0 Å². The molecule has 0 spiro atoms. The molecule has 320 valence electrons. The van der Waals surface area contributed by atoms with Crippen LogP contribution in [0.4, 0.5) is 26.3 Å². The molecule has 4 aromatic heterocycles. The van der Waals surface area contributed by atoms with Gasteiger partial charge in [-0.2, -0.15) is 26.3 Å². The van der Waals surface area contributed by atoms with Crippen molar-refractivity contribution in [3.63, 3.8) is 0 Å². The molecule has 0 bridgehead atoms. The largest absolute Gasteiger partial charge is 0.417 e. The van der Waals surface area contributed by atoms with Crippen molar-refractivity contribution in [2.24, 2.45) is 0 Å². The number of carbonyl (C=O) groups excluding carboxylic acids is 1. The van der Waals surface area contributed by atoms with Crippen molar-refractivity contribution in [3.05, 3.63) is 131 Å². The Kier molecular flexibility index (Phi) is 12.7. The number of benzene rings is 2. The van der Waals surface area contributed by atoms with Crippen molar-refractivity contribution in [1.82, 2.24) is 19.9 Å². The average molecular weight is 839 g/mol. The molecule has 60 heavy (non-hydrogen) atoms. The number of nitrogens with zero attached hydrogens (tertiary/aromatic N) is 2. The molecule has 9 nitrogen and oxygen atoms in total. The smallest absolute Gasteiger partial charge is 0.380 e. The summed E-state index contributed by atoms with van der Waals surface area (Å²) in [5, 5.41) is 23.1. The molecule has 1 aliphatic rings. The van der Waals surface area contributed by atoms with Crippen LogP contribution in [0.15, 0.2) is 97.6 Å². The van der Waals surface area contributed by atoms with Crippen molar-refractivity contribution in [2.45, 2.75) is 100 Å². The summed E-state index contributed by atoms with van der Waals surface area (Å²) in [7, 11) is 0. The molecule has 1 aliphatic heterocycles. The van der Waals surface area contributed by atoms with Crippen LogP contribution in [-0.4, -0.2) is 73.2 Å². The number of alkyl halides is 6. The highest BCUT2D eigenvalue weighted by Gasteiger charge is 2.57. The van der Waals surface area contributed by atoms with Gasteiger partial charge in [-0.25, -0.2) is 0 Å². The number of hydrogen-bond acceptors (Lipinski definition) is 7. The highest BCUT2D eigenvalue weighted by Crippen LogP contribution is 2.45. The Hall–Kier alpha value is -5.09. The van der Waals surface area contributed by atoms with E-state index in [0.717, 1.165) is 22.8 Å². The van der Waals surface area contributed by atoms with Crippen molar-refractivity contribution < 1.29 is 50.8 Å². The first-order valence-electron chi connectivity index (χ1n) is 19.4. The summed E-state index contributed by atoms with van der Waals surface area (Å²) in [6, 6.07) is 20.3. The van der Waals surface area contributed by atoms with Crippen LogP contribution in [-0.2, 0) is 33.1 Å². The zero-order chi connectivity index (χ0) is 43.6. The van der Waals surface area contributed by atoms with Gasteiger partial charge in [-0.3, -0.25) is 14.8 Å². The van der Waals surface area contributed by atoms with Gasteiger partial charge in [0.25, 0.3) is 0 Å². The fourth-order valence-electron chi connectivity index (χ4n) is 7.90. The zero-order valence-corrected chi connectivity index (χ0v) is 33.6. The fourth-order valence-corrected chi connectivity index (χ4v) is 7.90. The third kappa shape index (κ3) is 10.1. The maximum atomic E-state index is 14.1. The number of pyridine rings is 2. The average Bonchev–Trinajstić information content (AvgIpc) is 3.80. The zero-order valence-electron chi connectivity index (χ0n) is 33.6. The van der Waals surface area contributed by atoms with Crippen LogP contribution in [0.2, 0.25) is 0 Å². The number of aliphatic hydroxyl groups is 2. The maximum Gasteiger partial charge on any atom is 0.417 e. The Morgan fingerprint density at radius 2 is 1.15 bits per heavy atom. The van der Waals surface area contributed by atoms with Gasteiger partial charge >= 0.3 is 12.4 Å². The van der Waals surface area contributed by atoms with Crippen LogP contribution >= 0.6 is 0 Å². The summed E-state index contributed by atoms with van der Waals surface area (Å²) < 4.78 is 95.4. The van der Waals surface area contributed by atoms with Crippen molar-refractivity contribution in [1.29, 1.82) is 0 Å². The van der Waals surface area contributed by atoms with Gasteiger partial charge in [-0.1, -0.05) is 70.2 Å². The molecule has 2 unspecified atom stereocenters. The van der Waals surface area contributed by atoms with E-state index < -0.39 is 66.4 Å². The summed E-state index contributed by atoms with van der Waals surface area (Å²) in [6.45, 7) is 7.82. The molecular weight excluding hydrogens is 791 g/mol. The number of carbonyl (C=O) groups is 1. The highest BCUT2D eigenvalue weighted by atomic mass is 19.4. The van der Waals surface area contributed by atoms with E-state index in [1.165, 1.54) is 6.20 Å². The Labute approximate surface area is 343 Å². The van der Waals surface area contributed by atoms with Crippen LogP contribution < -0.4 is 0 Å². The molecule has 0 radical (unpaired) electrons. The van der Waals surface area contributed by atoms with Gasteiger partial charge in [0, 0.05) is 58.5 Å². The molecule has 1 saturated heterocycles. The summed E-state index contributed by atoms with van der Waals surface area (Å²) in [5.74, 6) is 0. The lowest BCUT2D eigenvalue weighted by Crippen LogP contribution is -2.50. The van der Waals surface area contributed by atoms with Crippen LogP contribution in [0, 0.1) is 0 Å². The maximum absolute atomic E-state index is 14.1. The number of nitrogens with one attached hydrogen (secondary N) is 2. The molecule has 7 rings (SSSR count). The van der Waals surface area contributed by atoms with E-state index in [1.807, 2.05) is 6.07 Å². The van der Waals surface area contributed by atoms with Gasteiger partial charge < -0.3 is 29.7 Å². The lowest BCUT2D eigenvalue weighted by Gasteiger charge is -2.38. The monoisotopic (exact) mass is 838 g/mol. The Morgan fingerprint density at radius 1 is 0.683 bits per heavy atom. The molecule has 0 saturated carbocycles. The number of fused-ring (bicyclic) bond motifs is 2. The van der Waals surface area contributed by atoms with Crippen LogP contribution in [0.3, 0.4) is 0 Å². The van der Waals surface area contributed by atoms with E-state index in [9.17, 15) is 41.4 Å². The minimum atomic E-state index is -4.83. The topological polar surface area (TPSA) is 133 Å². The number of ether oxygens (including phenoxy) is 2. The Bertz CT molecular complexity index is 2330. The van der Waals surface area contributed by atoms with Gasteiger partial charge in [0.05, 0.1) is 36.6 Å². The number of aldehydes is 1. The van der Waals surface area contributed by atoms with Gasteiger partial charge in [-0.05, 0) is 71.6 Å². The summed E-state index contributed by atoms with van der Waals surface area (Å²) in [4.78, 5) is 24.8. The number of hydrogen-bond donors (Lipinski definition) is 4. The van der Waals surface area contributed by atoms with Crippen molar-refractivity contribution in [2.75, 3.05) is 13.2 Å². The third-order valence-corrected chi connectivity index (χ3v) is 11.0. The van der Waals surface area contributed by atoms with Gasteiger partial charge in [0.2, 0.25) is 0 Å². The van der Waals surface area contributed by atoms with Crippen LogP contribution in [0.25, 0.3) is 21.8 Å². The summed E-state index contributed by atoms with van der Waals surface area (Å²) >= 11 is 0. The lowest BCUT2D eigenvalue weighted by atomic mass is 9.73. The first kappa shape index (κ1) is 44.5. The van der Waals surface area contributed by atoms with Gasteiger partial charge in [0.1, 0.15) is 6.29 Å². The standard InChI is InChI=1S/C24H27F3N2O3.C21H21F3N2O2/c1-22(2,18-6-3-5-17(11-18)21-31-9-4-10-32-21)15-23(30,24(25,26)27)13-19-12-16-7-8-28-14-20(16)29-19;1-19(2,16-5-3-4-14(8-16)12-27)13-20(28,21(22,23)24)10-17-9-15-6-7-25-11-18(15)26-17/h3,5-8,11-12,14,21,29-30H,4,9-10,13,15H2,1-2H3;3-9,11-12,26,28H,10,13H2,1-2H3. The van der Waals surface area contributed by atoms with Gasteiger partial charge in [0.15, 0.2) is 17.5 Å². The normalized spacial score (nSPS) is 16.5. The second kappa shape index (κ2) is 17.1. The highest BCUT2D eigenvalue weighted by molar-refractivity contribution is 5.80. The van der Waals surface area contributed by atoms with E-state index in [4.69, 9.17) is 9.47 Å². The quantitative estimate of drug-likeness (QED) is 0.0713. The molecule has 6 aromatic rings. The lowest BCUT2D eigenvalue weighted by molar-refractivity contribution is -0.266. The first-order chi connectivity index (χ1) is 28.1. The van der Waals surface area contributed by atoms with Crippen molar-refractivity contribution >= 4 is 28.1 Å². The van der Waals surface area contributed by atoms with Crippen LogP contribution in [0.1, 0.15) is 91.7 Å². The molecule has 2 atom stereocenters. The number of aromatic nitrogens is 4. The predicted octanol–water partition coefficient (Wildman–Crippen LogP) is 9.78.